The topological polar surface area (TPSA) is 55.3 Å². The molecule has 3 heterocycles. The van der Waals surface area contributed by atoms with E-state index in [4.69, 9.17) is 4.74 Å². The minimum atomic E-state index is -0.436. The second-order valence-corrected chi connectivity index (χ2v) is 8.22. The SMILES string of the molecule is CC(C)(C)OC(=O)N1C2CCC1CC(c1ccc([As])nn1)C2. The van der Waals surface area contributed by atoms with Gasteiger partial charge in [0.2, 0.25) is 0 Å². The predicted molar refractivity (Wildman–Crippen MR) is 84.3 cm³/mol. The molecule has 1 aromatic rings. The molecule has 1 amide bonds. The fourth-order valence-electron chi connectivity index (χ4n) is 3.58. The van der Waals surface area contributed by atoms with E-state index in [0.717, 1.165) is 35.9 Å². The maximum atomic E-state index is 12.4. The summed E-state index contributed by atoms with van der Waals surface area (Å²) in [5, 5.41) is 8.47. The zero-order valence-corrected chi connectivity index (χ0v) is 15.2. The van der Waals surface area contributed by atoms with Crippen LogP contribution in [-0.4, -0.2) is 55.7 Å². The Morgan fingerprint density at radius 3 is 2.36 bits per heavy atom. The zero-order valence-electron chi connectivity index (χ0n) is 13.3. The molecule has 0 spiro atoms. The summed E-state index contributed by atoms with van der Waals surface area (Å²) in [6.45, 7) is 5.75. The number of carbonyl (C=O) groups excluding carboxylic acids is 1. The molecule has 0 N–H and O–H groups in total. The molecule has 22 heavy (non-hydrogen) atoms. The molecule has 2 aliphatic heterocycles. The Morgan fingerprint density at radius 2 is 1.86 bits per heavy atom. The van der Waals surface area contributed by atoms with Gasteiger partial charge in [0.05, 0.1) is 0 Å². The van der Waals surface area contributed by atoms with Crippen molar-refractivity contribution in [3.05, 3.63) is 17.8 Å². The minimum absolute atomic E-state index is 0.161. The quantitative estimate of drug-likeness (QED) is 0.716. The average molecular weight is 363 g/mol. The number of nitrogens with zero attached hydrogens (tertiary/aromatic N) is 3. The summed E-state index contributed by atoms with van der Waals surface area (Å²) in [7, 11) is 0. The van der Waals surface area contributed by atoms with E-state index in [2.05, 4.69) is 33.1 Å². The molecule has 3 rings (SSSR count). The molecule has 0 aromatic carbocycles. The molecule has 5 nitrogen and oxygen atoms in total. The molecule has 2 radical (unpaired) electrons. The zero-order chi connectivity index (χ0) is 15.9. The van der Waals surface area contributed by atoms with Crippen LogP contribution in [0.3, 0.4) is 0 Å². The summed E-state index contributed by atoms with van der Waals surface area (Å²) < 4.78 is 6.45. The second kappa shape index (κ2) is 5.84. The van der Waals surface area contributed by atoms with Crippen molar-refractivity contribution in [3.63, 3.8) is 0 Å². The summed E-state index contributed by atoms with van der Waals surface area (Å²) >= 11 is 2.41. The molecule has 2 atom stereocenters. The molecule has 2 bridgehead atoms. The van der Waals surface area contributed by atoms with E-state index < -0.39 is 5.60 Å². The van der Waals surface area contributed by atoms with Crippen molar-refractivity contribution in [1.29, 1.82) is 0 Å². The molecule has 0 saturated carbocycles. The Balaban J connectivity index is 1.71. The molecular weight excluding hydrogens is 341 g/mol. The molecule has 2 unspecified atom stereocenters. The van der Waals surface area contributed by atoms with Gasteiger partial charge in [-0.15, -0.1) is 0 Å². The number of hydrogen-bond acceptors (Lipinski definition) is 4. The van der Waals surface area contributed by atoms with Gasteiger partial charge < -0.3 is 0 Å². The van der Waals surface area contributed by atoms with Crippen molar-refractivity contribution in [2.45, 2.75) is 70.1 Å². The van der Waals surface area contributed by atoms with Crippen molar-refractivity contribution in [1.82, 2.24) is 15.1 Å². The van der Waals surface area contributed by atoms with E-state index in [-0.39, 0.29) is 18.2 Å². The number of ether oxygens (including phenoxy) is 1. The van der Waals surface area contributed by atoms with Gasteiger partial charge in [0.25, 0.3) is 0 Å². The summed E-state index contributed by atoms with van der Waals surface area (Å²) in [5.41, 5.74) is 0.615. The van der Waals surface area contributed by atoms with Gasteiger partial charge in [0.1, 0.15) is 0 Å². The molecule has 2 aliphatic rings. The molecule has 118 valence electrons. The molecule has 2 saturated heterocycles. The Bertz CT molecular complexity index is 542. The number of rotatable bonds is 1. The Kier molecular flexibility index (Phi) is 4.19. The number of piperidine rings is 1. The molecule has 2 fully saturated rings. The Hall–Kier alpha value is -1.09. The van der Waals surface area contributed by atoms with E-state index in [1.54, 1.807) is 0 Å². The van der Waals surface area contributed by atoms with E-state index in [0.29, 0.717) is 5.92 Å². The third-order valence-corrected chi connectivity index (χ3v) is 4.93. The van der Waals surface area contributed by atoms with Crippen molar-refractivity contribution in [2.24, 2.45) is 0 Å². The van der Waals surface area contributed by atoms with Crippen LogP contribution in [0.4, 0.5) is 4.79 Å². The van der Waals surface area contributed by atoms with Gasteiger partial charge in [-0.1, -0.05) is 0 Å². The standard InChI is InChI=1S/C16H22AsN3O2/c1-16(2,3)22-15(21)20-11-4-5-12(20)9-10(8-11)13-6-7-14(17)19-18-13/h6-7,10-12H,4-5,8-9H2,1-3H3. The van der Waals surface area contributed by atoms with Gasteiger partial charge in [-0.2, -0.15) is 0 Å². The van der Waals surface area contributed by atoms with Crippen molar-refractivity contribution < 1.29 is 9.53 Å². The summed E-state index contributed by atoms with van der Waals surface area (Å²) in [6.07, 6.45) is 3.89. The van der Waals surface area contributed by atoms with Crippen molar-refractivity contribution >= 4 is 27.4 Å². The number of hydrogen-bond donors (Lipinski definition) is 0. The Labute approximate surface area is 140 Å². The number of fused-ring (bicyclic) bond motifs is 2. The fraction of sp³-hybridized carbons (Fsp3) is 0.688. The van der Waals surface area contributed by atoms with Gasteiger partial charge in [0, 0.05) is 0 Å². The van der Waals surface area contributed by atoms with Gasteiger partial charge in [0.15, 0.2) is 0 Å². The fourth-order valence-corrected chi connectivity index (χ4v) is 3.83. The van der Waals surface area contributed by atoms with E-state index in [1.165, 1.54) is 0 Å². The van der Waals surface area contributed by atoms with Crippen LogP contribution in [0, 0.1) is 0 Å². The van der Waals surface area contributed by atoms with Gasteiger partial charge in [-0.3, -0.25) is 0 Å². The molecule has 0 aliphatic carbocycles. The Morgan fingerprint density at radius 1 is 1.23 bits per heavy atom. The first-order valence-corrected chi connectivity index (χ1v) is 8.81. The van der Waals surface area contributed by atoms with Crippen LogP contribution < -0.4 is 4.48 Å². The number of amides is 1. The average Bonchev–Trinajstić information content (AvgIpc) is 2.69. The van der Waals surface area contributed by atoms with Crippen molar-refractivity contribution in [3.8, 4) is 0 Å². The van der Waals surface area contributed by atoms with Gasteiger partial charge in [-0.25, -0.2) is 0 Å². The number of aromatic nitrogens is 2. The van der Waals surface area contributed by atoms with Crippen LogP contribution >= 0.6 is 0 Å². The van der Waals surface area contributed by atoms with Crippen LogP contribution in [0.5, 0.6) is 0 Å². The van der Waals surface area contributed by atoms with Crippen molar-refractivity contribution in [2.75, 3.05) is 0 Å². The van der Waals surface area contributed by atoms with E-state index in [1.807, 2.05) is 31.7 Å². The van der Waals surface area contributed by atoms with Crippen LogP contribution in [0.2, 0.25) is 0 Å². The summed E-state index contributed by atoms with van der Waals surface area (Å²) in [6, 6.07) is 4.60. The first kappa shape index (κ1) is 15.8. The summed E-state index contributed by atoms with van der Waals surface area (Å²) in [4.78, 5) is 14.4. The first-order chi connectivity index (χ1) is 10.3. The molecule has 1 aromatic heterocycles. The second-order valence-electron chi connectivity index (χ2n) is 7.26. The first-order valence-electron chi connectivity index (χ1n) is 7.87. The van der Waals surface area contributed by atoms with Crippen LogP contribution in [0.25, 0.3) is 0 Å². The monoisotopic (exact) mass is 363 g/mol. The van der Waals surface area contributed by atoms with Crippen LogP contribution in [0.15, 0.2) is 12.1 Å². The molecular formula is C16H22AsN3O2. The summed E-state index contributed by atoms with van der Waals surface area (Å²) in [5.74, 6) is 0.400. The van der Waals surface area contributed by atoms with Gasteiger partial charge in [-0.05, 0) is 0 Å². The third-order valence-electron chi connectivity index (χ3n) is 4.43. The van der Waals surface area contributed by atoms with Crippen LogP contribution in [0.1, 0.15) is 58.1 Å². The van der Waals surface area contributed by atoms with Crippen LogP contribution in [-0.2, 0) is 4.74 Å². The van der Waals surface area contributed by atoms with E-state index >= 15 is 0 Å². The maximum absolute atomic E-state index is 12.4. The number of carbonyl (C=O) groups is 1. The van der Waals surface area contributed by atoms with E-state index in [9.17, 15) is 4.79 Å². The predicted octanol–water partition coefficient (Wildman–Crippen LogP) is 1.92. The normalized spacial score (nSPS) is 27.8. The molecule has 6 heteroatoms. The van der Waals surface area contributed by atoms with Gasteiger partial charge >= 0.3 is 140 Å². The third kappa shape index (κ3) is 3.29.